The molecule has 0 fully saturated rings. The molecular formula is C20H18ClN5O4S. The number of nitrogens with one attached hydrogen (secondary N) is 1. The van der Waals surface area contributed by atoms with E-state index in [-0.39, 0.29) is 11.7 Å². The number of carbonyl (C=O) groups excluding carboxylic acids is 1. The average molecular weight is 460 g/mol. The number of anilines is 1. The van der Waals surface area contributed by atoms with Crippen LogP contribution < -0.4 is 20.6 Å². The molecule has 0 atom stereocenters. The molecule has 0 saturated heterocycles. The first-order valence-electron chi connectivity index (χ1n) is 9.03. The maximum Gasteiger partial charge on any atom is 0.234 e. The molecule has 2 aromatic heterocycles. The molecule has 0 saturated carbocycles. The van der Waals surface area contributed by atoms with Gasteiger partial charge in [0.2, 0.25) is 16.9 Å². The maximum atomic E-state index is 12.4. The molecule has 1 amide bonds. The highest BCUT2D eigenvalue weighted by Gasteiger charge is 2.19. The number of hydrogen-bond acceptors (Lipinski definition) is 8. The Morgan fingerprint density at radius 3 is 2.77 bits per heavy atom. The zero-order chi connectivity index (χ0) is 22.0. The van der Waals surface area contributed by atoms with Gasteiger partial charge in [-0.15, -0.1) is 10.2 Å². The number of amides is 1. The van der Waals surface area contributed by atoms with E-state index in [0.29, 0.717) is 44.5 Å². The molecule has 3 N–H and O–H groups in total. The van der Waals surface area contributed by atoms with Gasteiger partial charge >= 0.3 is 0 Å². The van der Waals surface area contributed by atoms with Gasteiger partial charge in [-0.25, -0.2) is 4.68 Å². The predicted molar refractivity (Wildman–Crippen MR) is 119 cm³/mol. The van der Waals surface area contributed by atoms with Gasteiger partial charge in [-0.05, 0) is 30.3 Å². The number of furan rings is 1. The fourth-order valence-corrected chi connectivity index (χ4v) is 3.77. The Labute approximate surface area is 186 Å². The second-order valence-electron chi connectivity index (χ2n) is 6.35. The third-order valence-electron chi connectivity index (χ3n) is 4.38. The van der Waals surface area contributed by atoms with E-state index in [1.54, 1.807) is 37.4 Å². The van der Waals surface area contributed by atoms with Crippen molar-refractivity contribution in [2.24, 2.45) is 0 Å². The number of nitrogens with two attached hydrogens (primary N) is 1. The zero-order valence-corrected chi connectivity index (χ0v) is 18.2. The highest BCUT2D eigenvalue weighted by atomic mass is 35.5. The van der Waals surface area contributed by atoms with E-state index in [4.69, 9.17) is 31.3 Å². The minimum absolute atomic E-state index is 0.0545. The number of thioether (sulfide) groups is 1. The lowest BCUT2D eigenvalue weighted by atomic mass is 10.2. The van der Waals surface area contributed by atoms with Crippen LogP contribution in [0.1, 0.15) is 0 Å². The lowest BCUT2D eigenvalue weighted by molar-refractivity contribution is -0.113. The molecule has 2 aromatic carbocycles. The number of benzene rings is 2. The van der Waals surface area contributed by atoms with E-state index in [1.165, 1.54) is 11.8 Å². The molecule has 4 aromatic rings. The van der Waals surface area contributed by atoms with Crippen LogP contribution in [0.2, 0.25) is 5.02 Å². The summed E-state index contributed by atoms with van der Waals surface area (Å²) in [5.41, 5.74) is 1.07. The summed E-state index contributed by atoms with van der Waals surface area (Å²) in [5.74, 6) is 7.81. The first kappa shape index (κ1) is 20.9. The van der Waals surface area contributed by atoms with Gasteiger partial charge in [0.05, 0.1) is 25.7 Å². The van der Waals surface area contributed by atoms with Crippen LogP contribution in [0, 0.1) is 0 Å². The Hall–Kier alpha value is -3.37. The standard InChI is InChI=1S/C20H18ClN5O4S/c1-28-14-7-6-12(21)9-13(14)23-17(27)10-31-20-25-24-19(26(20)22)16-8-11-4-3-5-15(29-2)18(11)30-16/h3-9H,10,22H2,1-2H3,(H,23,27). The van der Waals surface area contributed by atoms with Crippen LogP contribution in [-0.4, -0.2) is 40.8 Å². The van der Waals surface area contributed by atoms with Crippen molar-refractivity contribution in [2.45, 2.75) is 5.16 Å². The minimum Gasteiger partial charge on any atom is -0.495 e. The number of rotatable bonds is 7. The van der Waals surface area contributed by atoms with Gasteiger partial charge in [-0.1, -0.05) is 35.5 Å². The van der Waals surface area contributed by atoms with E-state index in [9.17, 15) is 4.79 Å². The van der Waals surface area contributed by atoms with Gasteiger partial charge < -0.3 is 25.1 Å². The van der Waals surface area contributed by atoms with Crippen molar-refractivity contribution in [1.29, 1.82) is 0 Å². The number of nitrogens with zero attached hydrogens (tertiary/aromatic N) is 3. The quantitative estimate of drug-likeness (QED) is 0.316. The van der Waals surface area contributed by atoms with Crippen molar-refractivity contribution in [3.8, 4) is 23.1 Å². The molecule has 4 rings (SSSR count). The van der Waals surface area contributed by atoms with Crippen LogP contribution in [-0.2, 0) is 4.79 Å². The largest absolute Gasteiger partial charge is 0.495 e. The molecule has 9 nitrogen and oxygen atoms in total. The summed E-state index contributed by atoms with van der Waals surface area (Å²) in [6.45, 7) is 0. The first-order chi connectivity index (χ1) is 15.0. The lowest BCUT2D eigenvalue weighted by Crippen LogP contribution is -2.16. The van der Waals surface area contributed by atoms with E-state index in [1.807, 2.05) is 12.1 Å². The monoisotopic (exact) mass is 459 g/mol. The maximum absolute atomic E-state index is 12.4. The lowest BCUT2D eigenvalue weighted by Gasteiger charge is -2.10. The third-order valence-corrected chi connectivity index (χ3v) is 5.56. The van der Waals surface area contributed by atoms with Crippen LogP contribution in [0.4, 0.5) is 5.69 Å². The van der Waals surface area contributed by atoms with Gasteiger partial charge in [0.25, 0.3) is 0 Å². The number of fused-ring (bicyclic) bond motifs is 1. The molecule has 0 radical (unpaired) electrons. The molecule has 0 aliphatic heterocycles. The van der Waals surface area contributed by atoms with E-state index < -0.39 is 0 Å². The predicted octanol–water partition coefficient (Wildman–Crippen LogP) is 3.81. The van der Waals surface area contributed by atoms with Crippen molar-refractivity contribution < 1.29 is 18.7 Å². The summed E-state index contributed by atoms with van der Waals surface area (Å²) in [6.07, 6.45) is 0. The summed E-state index contributed by atoms with van der Waals surface area (Å²) in [6, 6.07) is 12.3. The summed E-state index contributed by atoms with van der Waals surface area (Å²) >= 11 is 7.13. The summed E-state index contributed by atoms with van der Waals surface area (Å²) in [4.78, 5) is 12.4. The molecule has 160 valence electrons. The highest BCUT2D eigenvalue weighted by molar-refractivity contribution is 7.99. The number of ether oxygens (including phenoxy) is 2. The van der Waals surface area contributed by atoms with E-state index >= 15 is 0 Å². The summed E-state index contributed by atoms with van der Waals surface area (Å²) in [7, 11) is 3.08. The molecule has 0 unspecified atom stereocenters. The van der Waals surface area contributed by atoms with Crippen LogP contribution in [0.3, 0.4) is 0 Å². The summed E-state index contributed by atoms with van der Waals surface area (Å²) < 4.78 is 17.7. The Balaban J connectivity index is 1.48. The topological polar surface area (TPSA) is 117 Å². The number of methoxy groups -OCH3 is 2. The summed E-state index contributed by atoms with van der Waals surface area (Å²) in [5, 5.41) is 12.6. The number of aromatic nitrogens is 3. The van der Waals surface area contributed by atoms with Crippen LogP contribution in [0.25, 0.3) is 22.6 Å². The second kappa shape index (κ2) is 8.78. The molecule has 0 aliphatic carbocycles. The van der Waals surface area contributed by atoms with Crippen LogP contribution in [0.15, 0.2) is 52.0 Å². The molecule has 0 aliphatic rings. The Kier molecular flexibility index (Phi) is 5.92. The van der Waals surface area contributed by atoms with Crippen molar-refractivity contribution >= 4 is 45.9 Å². The van der Waals surface area contributed by atoms with E-state index in [2.05, 4.69) is 15.5 Å². The second-order valence-corrected chi connectivity index (χ2v) is 7.73. The van der Waals surface area contributed by atoms with Crippen LogP contribution in [0.5, 0.6) is 11.5 Å². The molecular weight excluding hydrogens is 442 g/mol. The first-order valence-corrected chi connectivity index (χ1v) is 10.4. The minimum atomic E-state index is -0.274. The fraction of sp³-hybridized carbons (Fsp3) is 0.150. The molecule has 11 heteroatoms. The average Bonchev–Trinajstić information content (AvgIpc) is 3.35. The number of halogens is 1. The Morgan fingerprint density at radius 2 is 2.00 bits per heavy atom. The zero-order valence-electron chi connectivity index (χ0n) is 16.6. The number of carbonyl (C=O) groups is 1. The van der Waals surface area contributed by atoms with Crippen molar-refractivity contribution in [1.82, 2.24) is 14.9 Å². The SMILES string of the molecule is COc1ccc(Cl)cc1NC(=O)CSc1nnc(-c2cc3cccc(OC)c3o2)n1N. The Morgan fingerprint density at radius 1 is 1.19 bits per heavy atom. The number of hydrogen-bond donors (Lipinski definition) is 2. The normalized spacial score (nSPS) is 10.9. The van der Waals surface area contributed by atoms with Gasteiger partial charge in [0, 0.05) is 10.4 Å². The third kappa shape index (κ3) is 4.25. The van der Waals surface area contributed by atoms with Gasteiger partial charge in [0.15, 0.2) is 17.1 Å². The number of para-hydroxylation sites is 1. The van der Waals surface area contributed by atoms with Gasteiger partial charge in [-0.3, -0.25) is 4.79 Å². The van der Waals surface area contributed by atoms with Crippen molar-refractivity contribution in [2.75, 3.05) is 31.1 Å². The Bertz CT molecular complexity index is 1260. The van der Waals surface area contributed by atoms with Crippen molar-refractivity contribution in [3.05, 3.63) is 47.5 Å². The van der Waals surface area contributed by atoms with Gasteiger partial charge in [0.1, 0.15) is 5.75 Å². The molecule has 31 heavy (non-hydrogen) atoms. The fourth-order valence-electron chi connectivity index (χ4n) is 2.95. The van der Waals surface area contributed by atoms with Gasteiger partial charge in [-0.2, -0.15) is 0 Å². The van der Waals surface area contributed by atoms with Crippen LogP contribution >= 0.6 is 23.4 Å². The molecule has 0 spiro atoms. The molecule has 0 bridgehead atoms. The number of nitrogen functional groups attached to an aromatic ring is 1. The highest BCUT2D eigenvalue weighted by Crippen LogP contribution is 2.33. The molecule has 2 heterocycles. The van der Waals surface area contributed by atoms with Crippen molar-refractivity contribution in [3.63, 3.8) is 0 Å². The van der Waals surface area contributed by atoms with E-state index in [0.717, 1.165) is 17.1 Å². The smallest absolute Gasteiger partial charge is 0.234 e.